The molecule has 0 N–H and O–H groups in total. The zero-order valence-electron chi connectivity index (χ0n) is 6.85. The Hall–Kier alpha value is -0.650. The number of hydrogen-bond donors (Lipinski definition) is 0. The van der Waals surface area contributed by atoms with Crippen molar-refractivity contribution >= 4 is 0 Å². The summed E-state index contributed by atoms with van der Waals surface area (Å²) in [5, 5.41) is 8.22. The quantitative estimate of drug-likeness (QED) is 0.622. The fourth-order valence-electron chi connectivity index (χ4n) is 0.998. The molecule has 0 amide bonds. The average molecular weight is 161 g/mol. The zero-order valence-corrected chi connectivity index (χ0v) is 6.85. The van der Waals surface area contributed by atoms with E-state index in [-0.39, 0.29) is 12.3 Å². The summed E-state index contributed by atoms with van der Waals surface area (Å²) in [4.78, 5) is 0. The highest BCUT2D eigenvalue weighted by molar-refractivity contribution is 4.77. The second kappa shape index (κ2) is 5.06. The van der Waals surface area contributed by atoms with Crippen LogP contribution in [-0.4, -0.2) is 6.43 Å². The van der Waals surface area contributed by atoms with E-state index < -0.39 is 12.3 Å². The van der Waals surface area contributed by atoms with Crippen LogP contribution in [0.2, 0.25) is 0 Å². The SMILES string of the molecule is CC(C)CC(CC#N)C(F)F. The monoisotopic (exact) mass is 161 g/mol. The first-order chi connectivity index (χ1) is 5.07. The van der Waals surface area contributed by atoms with Gasteiger partial charge in [0.25, 0.3) is 0 Å². The van der Waals surface area contributed by atoms with E-state index in [0.29, 0.717) is 6.42 Å². The Balaban J connectivity index is 3.81. The van der Waals surface area contributed by atoms with Crippen molar-refractivity contribution in [3.05, 3.63) is 0 Å². The van der Waals surface area contributed by atoms with Gasteiger partial charge in [0.2, 0.25) is 6.43 Å². The van der Waals surface area contributed by atoms with Gasteiger partial charge in [-0.25, -0.2) is 8.78 Å². The van der Waals surface area contributed by atoms with E-state index in [1.807, 2.05) is 13.8 Å². The summed E-state index contributed by atoms with van der Waals surface area (Å²) in [6, 6.07) is 1.77. The predicted octanol–water partition coefficient (Wildman–Crippen LogP) is 2.83. The molecule has 3 heteroatoms. The highest BCUT2D eigenvalue weighted by Gasteiger charge is 2.20. The van der Waals surface area contributed by atoms with Gasteiger partial charge in [0.05, 0.1) is 6.07 Å². The summed E-state index contributed by atoms with van der Waals surface area (Å²) >= 11 is 0. The molecule has 0 rings (SSSR count). The Morgan fingerprint density at radius 2 is 1.91 bits per heavy atom. The fourth-order valence-corrected chi connectivity index (χ4v) is 0.998. The number of halogens is 2. The van der Waals surface area contributed by atoms with Crippen molar-refractivity contribution in [1.82, 2.24) is 0 Å². The molecule has 0 spiro atoms. The van der Waals surface area contributed by atoms with E-state index in [9.17, 15) is 8.78 Å². The van der Waals surface area contributed by atoms with Crippen LogP contribution in [0.5, 0.6) is 0 Å². The van der Waals surface area contributed by atoms with Crippen LogP contribution >= 0.6 is 0 Å². The summed E-state index contributed by atoms with van der Waals surface area (Å²) in [5.41, 5.74) is 0. The fraction of sp³-hybridized carbons (Fsp3) is 0.875. The van der Waals surface area contributed by atoms with Crippen LogP contribution in [0, 0.1) is 23.2 Å². The molecule has 0 aromatic rings. The minimum atomic E-state index is -2.35. The van der Waals surface area contributed by atoms with E-state index in [2.05, 4.69) is 0 Å². The Bertz CT molecular complexity index is 138. The zero-order chi connectivity index (χ0) is 8.85. The summed E-state index contributed by atoms with van der Waals surface area (Å²) in [6.45, 7) is 3.76. The van der Waals surface area contributed by atoms with Gasteiger partial charge in [-0.3, -0.25) is 0 Å². The van der Waals surface area contributed by atoms with Gasteiger partial charge in [-0.05, 0) is 12.3 Å². The van der Waals surface area contributed by atoms with Gasteiger partial charge < -0.3 is 0 Å². The minimum absolute atomic E-state index is 0.0319. The molecule has 1 atom stereocenters. The first-order valence-corrected chi connectivity index (χ1v) is 3.73. The Labute approximate surface area is 66.0 Å². The van der Waals surface area contributed by atoms with Gasteiger partial charge in [0, 0.05) is 12.3 Å². The van der Waals surface area contributed by atoms with Gasteiger partial charge in [-0.1, -0.05) is 13.8 Å². The summed E-state index contributed by atoms with van der Waals surface area (Å²) in [5.74, 6) is -0.498. The van der Waals surface area contributed by atoms with Crippen LogP contribution in [0.3, 0.4) is 0 Å². The predicted molar refractivity (Wildman–Crippen MR) is 39.2 cm³/mol. The standard InChI is InChI=1S/C8H13F2N/c1-6(2)5-7(3-4-11)8(9)10/h6-8H,3,5H2,1-2H3. The first-order valence-electron chi connectivity index (χ1n) is 3.73. The number of rotatable bonds is 4. The largest absolute Gasteiger partial charge is 0.242 e. The van der Waals surface area contributed by atoms with Crippen molar-refractivity contribution in [2.24, 2.45) is 11.8 Å². The molecular weight excluding hydrogens is 148 g/mol. The van der Waals surface area contributed by atoms with Crippen molar-refractivity contribution in [1.29, 1.82) is 5.26 Å². The maximum Gasteiger partial charge on any atom is 0.242 e. The molecule has 0 heterocycles. The third-order valence-corrected chi connectivity index (χ3v) is 1.48. The van der Waals surface area contributed by atoms with Gasteiger partial charge in [0.1, 0.15) is 0 Å². The molecule has 0 aromatic carbocycles. The molecule has 64 valence electrons. The highest BCUT2D eigenvalue weighted by atomic mass is 19.3. The summed E-state index contributed by atoms with van der Waals surface area (Å²) in [7, 11) is 0. The molecule has 0 saturated carbocycles. The van der Waals surface area contributed by atoms with Crippen LogP contribution < -0.4 is 0 Å². The molecule has 0 bridgehead atoms. The maximum atomic E-state index is 12.1. The lowest BCUT2D eigenvalue weighted by Gasteiger charge is -2.13. The van der Waals surface area contributed by atoms with Crippen molar-refractivity contribution in [3.63, 3.8) is 0 Å². The average Bonchev–Trinajstić information content (AvgIpc) is 1.86. The Morgan fingerprint density at radius 1 is 1.36 bits per heavy atom. The van der Waals surface area contributed by atoms with E-state index >= 15 is 0 Å². The minimum Gasteiger partial charge on any atom is -0.210 e. The van der Waals surface area contributed by atoms with E-state index in [1.165, 1.54) is 0 Å². The third kappa shape index (κ3) is 4.72. The summed E-state index contributed by atoms with van der Waals surface area (Å²) in [6.07, 6.45) is -1.95. The van der Waals surface area contributed by atoms with E-state index in [4.69, 9.17) is 5.26 Å². The molecule has 0 radical (unpaired) electrons. The number of alkyl halides is 2. The van der Waals surface area contributed by atoms with Crippen LogP contribution in [0.1, 0.15) is 26.7 Å². The molecule has 0 aliphatic rings. The van der Waals surface area contributed by atoms with Crippen LogP contribution in [0.4, 0.5) is 8.78 Å². The number of nitriles is 1. The Morgan fingerprint density at radius 3 is 2.18 bits per heavy atom. The van der Waals surface area contributed by atoms with Crippen LogP contribution in [0.15, 0.2) is 0 Å². The van der Waals surface area contributed by atoms with E-state index in [0.717, 1.165) is 0 Å². The number of nitrogens with zero attached hydrogens (tertiary/aromatic N) is 1. The van der Waals surface area contributed by atoms with Crippen molar-refractivity contribution in [3.8, 4) is 6.07 Å². The molecule has 0 saturated heterocycles. The molecule has 1 unspecified atom stereocenters. The normalized spacial score (nSPS) is 13.5. The molecule has 0 aromatic heterocycles. The lowest BCUT2D eigenvalue weighted by molar-refractivity contribution is 0.0677. The molecule has 11 heavy (non-hydrogen) atoms. The van der Waals surface area contributed by atoms with Gasteiger partial charge in [0.15, 0.2) is 0 Å². The third-order valence-electron chi connectivity index (χ3n) is 1.48. The second-order valence-electron chi connectivity index (χ2n) is 3.09. The van der Waals surface area contributed by atoms with Crippen molar-refractivity contribution < 1.29 is 8.78 Å². The topological polar surface area (TPSA) is 23.8 Å². The highest BCUT2D eigenvalue weighted by Crippen LogP contribution is 2.21. The van der Waals surface area contributed by atoms with Crippen LogP contribution in [-0.2, 0) is 0 Å². The lowest BCUT2D eigenvalue weighted by atomic mass is 9.95. The van der Waals surface area contributed by atoms with Gasteiger partial charge in [-0.2, -0.15) is 5.26 Å². The lowest BCUT2D eigenvalue weighted by Crippen LogP contribution is -2.13. The van der Waals surface area contributed by atoms with Crippen molar-refractivity contribution in [2.75, 3.05) is 0 Å². The molecule has 0 fully saturated rings. The molecular formula is C8H13F2N. The maximum absolute atomic E-state index is 12.1. The molecule has 0 aliphatic carbocycles. The molecule has 1 nitrogen and oxygen atoms in total. The second-order valence-corrected chi connectivity index (χ2v) is 3.09. The Kier molecular flexibility index (Phi) is 4.76. The van der Waals surface area contributed by atoms with E-state index in [1.54, 1.807) is 6.07 Å². The molecule has 0 aliphatic heterocycles. The first kappa shape index (κ1) is 10.3. The number of hydrogen-bond acceptors (Lipinski definition) is 1. The summed E-state index contributed by atoms with van der Waals surface area (Å²) < 4.78 is 24.2. The van der Waals surface area contributed by atoms with Crippen molar-refractivity contribution in [2.45, 2.75) is 33.1 Å². The van der Waals surface area contributed by atoms with Gasteiger partial charge in [-0.15, -0.1) is 0 Å². The van der Waals surface area contributed by atoms with Crippen LogP contribution in [0.25, 0.3) is 0 Å². The van der Waals surface area contributed by atoms with Gasteiger partial charge >= 0.3 is 0 Å². The smallest absolute Gasteiger partial charge is 0.210 e.